The van der Waals surface area contributed by atoms with Crippen LogP contribution in [0.25, 0.3) is 0 Å². The zero-order valence-electron chi connectivity index (χ0n) is 21.0. The number of pyridine rings is 1. The third-order valence-corrected chi connectivity index (χ3v) is 7.26. The van der Waals surface area contributed by atoms with Gasteiger partial charge in [0.25, 0.3) is 0 Å². The summed E-state index contributed by atoms with van der Waals surface area (Å²) in [6.45, 7) is 8.54. The van der Waals surface area contributed by atoms with Crippen molar-refractivity contribution in [3.63, 3.8) is 0 Å². The molecule has 10 nitrogen and oxygen atoms in total. The molecular formula is C25H33N2O8P. The maximum atomic E-state index is 13.8. The number of ether oxygens (including phenoxy) is 4. The number of para-hydroxylation sites is 1. The van der Waals surface area contributed by atoms with Gasteiger partial charge in [-0.15, -0.1) is 0 Å². The van der Waals surface area contributed by atoms with Crippen LogP contribution in [-0.2, 0) is 32.8 Å². The van der Waals surface area contributed by atoms with Gasteiger partial charge in [0, 0.05) is 12.4 Å². The van der Waals surface area contributed by atoms with Gasteiger partial charge in [-0.2, -0.15) is 5.09 Å². The Hall–Kier alpha value is -2.33. The van der Waals surface area contributed by atoms with Crippen LogP contribution in [0.15, 0.2) is 54.9 Å². The molecule has 2 aliphatic heterocycles. The Morgan fingerprint density at radius 2 is 1.75 bits per heavy atom. The number of aromatic nitrogens is 1. The summed E-state index contributed by atoms with van der Waals surface area (Å²) in [6.07, 6.45) is 1.15. The molecule has 1 N–H and O–H groups in total. The SMILES string of the molecule is CC(C)OC(=O)[C@@H](C)N[P@@](=O)(OC[C@H]1O[C@@H](c2ccncc2)[C@@H]2OC(C)(C)O[C@@H]21)Oc1ccccc1. The first-order valence-corrected chi connectivity index (χ1v) is 13.5. The normalized spacial score (nSPS) is 27.3. The Kier molecular flexibility index (Phi) is 8.14. The fourth-order valence-electron chi connectivity index (χ4n) is 4.14. The standard InChI is InChI=1S/C25H33N2O8P/c1-16(2)31-24(28)17(3)27-36(29,35-19-9-7-6-8-10-19)30-15-20-22-23(34-25(4,5)33-22)21(32-20)18-11-13-26-14-12-18/h6-14,16-17,20-23H,15H2,1-5H3,(H,27,29)/t17-,20-,21+,22-,23+,36-/m1/s1. The number of esters is 1. The van der Waals surface area contributed by atoms with Crippen molar-refractivity contribution in [3.8, 4) is 5.75 Å². The van der Waals surface area contributed by atoms with Crippen molar-refractivity contribution in [2.45, 2.75) is 77.0 Å². The summed E-state index contributed by atoms with van der Waals surface area (Å²) in [4.78, 5) is 16.4. The van der Waals surface area contributed by atoms with E-state index in [0.717, 1.165) is 5.56 Å². The first kappa shape index (κ1) is 26.7. The van der Waals surface area contributed by atoms with Crippen molar-refractivity contribution in [2.24, 2.45) is 0 Å². The Labute approximate surface area is 211 Å². The van der Waals surface area contributed by atoms with Gasteiger partial charge in [0.1, 0.15) is 36.2 Å². The number of rotatable bonds is 10. The summed E-state index contributed by atoms with van der Waals surface area (Å²) in [5, 5.41) is 2.69. The van der Waals surface area contributed by atoms with E-state index < -0.39 is 50.0 Å². The molecular weight excluding hydrogens is 487 g/mol. The lowest BCUT2D eigenvalue weighted by atomic mass is 10.0. The average molecular weight is 521 g/mol. The van der Waals surface area contributed by atoms with E-state index in [-0.39, 0.29) is 12.7 Å². The lowest BCUT2D eigenvalue weighted by molar-refractivity contribution is -0.190. The van der Waals surface area contributed by atoms with Crippen molar-refractivity contribution < 1.29 is 37.4 Å². The third kappa shape index (κ3) is 6.51. The highest BCUT2D eigenvalue weighted by atomic mass is 31.2. The third-order valence-electron chi connectivity index (χ3n) is 5.62. The van der Waals surface area contributed by atoms with Gasteiger partial charge in [0.05, 0.1) is 12.7 Å². The number of fused-ring (bicyclic) bond motifs is 1. The molecule has 0 radical (unpaired) electrons. The molecule has 2 aliphatic rings. The molecule has 0 amide bonds. The lowest BCUT2D eigenvalue weighted by Crippen LogP contribution is -2.38. The summed E-state index contributed by atoms with van der Waals surface area (Å²) >= 11 is 0. The molecule has 0 saturated carbocycles. The van der Waals surface area contributed by atoms with Crippen molar-refractivity contribution >= 4 is 13.7 Å². The highest BCUT2D eigenvalue weighted by molar-refractivity contribution is 7.52. The summed E-state index contributed by atoms with van der Waals surface area (Å²) in [5.41, 5.74) is 0.885. The molecule has 1 aromatic heterocycles. The molecule has 2 fully saturated rings. The Morgan fingerprint density at radius 3 is 2.42 bits per heavy atom. The molecule has 2 saturated heterocycles. The van der Waals surface area contributed by atoms with Crippen LogP contribution in [0.1, 0.15) is 46.3 Å². The van der Waals surface area contributed by atoms with E-state index >= 15 is 0 Å². The summed E-state index contributed by atoms with van der Waals surface area (Å²) in [5.74, 6) is -1.07. The zero-order chi connectivity index (χ0) is 25.9. The highest BCUT2D eigenvalue weighted by Gasteiger charge is 2.56. The number of nitrogens with one attached hydrogen (secondary N) is 1. The lowest BCUT2D eigenvalue weighted by Gasteiger charge is -2.26. The fourth-order valence-corrected chi connectivity index (χ4v) is 5.65. The molecule has 6 atom stereocenters. The summed E-state index contributed by atoms with van der Waals surface area (Å²) < 4.78 is 49.1. The van der Waals surface area contributed by atoms with Crippen LogP contribution in [0.3, 0.4) is 0 Å². The molecule has 2 aromatic rings. The van der Waals surface area contributed by atoms with Gasteiger partial charge < -0.3 is 23.5 Å². The molecule has 0 unspecified atom stereocenters. The number of benzene rings is 1. The fraction of sp³-hybridized carbons (Fsp3) is 0.520. The van der Waals surface area contributed by atoms with Crippen LogP contribution in [-0.4, -0.2) is 53.8 Å². The predicted octanol–water partition coefficient (Wildman–Crippen LogP) is 4.18. The second-order valence-electron chi connectivity index (χ2n) is 9.47. The Morgan fingerprint density at radius 1 is 1.08 bits per heavy atom. The minimum atomic E-state index is -4.04. The van der Waals surface area contributed by atoms with E-state index in [9.17, 15) is 9.36 Å². The zero-order valence-corrected chi connectivity index (χ0v) is 21.9. The van der Waals surface area contributed by atoms with Crippen molar-refractivity contribution in [1.82, 2.24) is 10.1 Å². The van der Waals surface area contributed by atoms with Gasteiger partial charge in [-0.1, -0.05) is 18.2 Å². The maximum absolute atomic E-state index is 13.8. The monoisotopic (exact) mass is 520 g/mol. The molecule has 0 aliphatic carbocycles. The number of hydrogen-bond acceptors (Lipinski definition) is 9. The molecule has 36 heavy (non-hydrogen) atoms. The van der Waals surface area contributed by atoms with Crippen molar-refractivity contribution in [1.29, 1.82) is 0 Å². The second kappa shape index (κ2) is 11.0. The van der Waals surface area contributed by atoms with E-state index in [1.165, 1.54) is 6.92 Å². The van der Waals surface area contributed by atoms with E-state index in [0.29, 0.717) is 5.75 Å². The van der Waals surface area contributed by atoms with E-state index in [4.69, 9.17) is 28.0 Å². The van der Waals surface area contributed by atoms with Crippen LogP contribution >= 0.6 is 7.75 Å². The first-order valence-electron chi connectivity index (χ1n) is 11.9. The van der Waals surface area contributed by atoms with Crippen molar-refractivity contribution in [2.75, 3.05) is 6.61 Å². The minimum Gasteiger partial charge on any atom is -0.462 e. The largest absolute Gasteiger partial charge is 0.462 e. The average Bonchev–Trinajstić information content (AvgIpc) is 3.31. The van der Waals surface area contributed by atoms with Gasteiger partial charge in [-0.25, -0.2) is 4.57 Å². The number of nitrogens with zero attached hydrogens (tertiary/aromatic N) is 1. The quantitative estimate of drug-likeness (QED) is 0.362. The maximum Gasteiger partial charge on any atom is 0.459 e. The van der Waals surface area contributed by atoms with E-state index in [1.54, 1.807) is 56.6 Å². The predicted molar refractivity (Wildman–Crippen MR) is 130 cm³/mol. The Bertz CT molecular complexity index is 1070. The smallest absolute Gasteiger partial charge is 0.459 e. The van der Waals surface area contributed by atoms with Crippen molar-refractivity contribution in [3.05, 3.63) is 60.4 Å². The van der Waals surface area contributed by atoms with Crippen LogP contribution < -0.4 is 9.61 Å². The number of hydrogen-bond donors (Lipinski definition) is 1. The van der Waals surface area contributed by atoms with Gasteiger partial charge in [0.2, 0.25) is 0 Å². The molecule has 196 valence electrons. The molecule has 4 rings (SSSR count). The molecule has 0 spiro atoms. The number of carbonyl (C=O) groups excluding carboxylic acids is 1. The van der Waals surface area contributed by atoms with Gasteiger partial charge in [-0.3, -0.25) is 14.3 Å². The van der Waals surface area contributed by atoms with E-state index in [2.05, 4.69) is 10.1 Å². The van der Waals surface area contributed by atoms with Crippen LogP contribution in [0, 0.1) is 0 Å². The van der Waals surface area contributed by atoms with Crippen LogP contribution in [0.2, 0.25) is 0 Å². The number of carbonyl (C=O) groups is 1. The second-order valence-corrected chi connectivity index (χ2v) is 11.2. The van der Waals surface area contributed by atoms with E-state index in [1.807, 2.05) is 26.0 Å². The Balaban J connectivity index is 1.51. The first-order chi connectivity index (χ1) is 17.1. The van der Waals surface area contributed by atoms with Gasteiger partial charge in [0.15, 0.2) is 5.79 Å². The molecule has 3 heterocycles. The molecule has 1 aromatic carbocycles. The van der Waals surface area contributed by atoms with Gasteiger partial charge in [-0.05, 0) is 64.4 Å². The van der Waals surface area contributed by atoms with Crippen LogP contribution in [0.5, 0.6) is 5.75 Å². The molecule has 11 heteroatoms. The van der Waals surface area contributed by atoms with Crippen LogP contribution in [0.4, 0.5) is 0 Å². The summed E-state index contributed by atoms with van der Waals surface area (Å²) in [6, 6.07) is 11.3. The summed E-state index contributed by atoms with van der Waals surface area (Å²) in [7, 11) is -4.04. The topological polar surface area (TPSA) is 114 Å². The molecule has 0 bridgehead atoms. The minimum absolute atomic E-state index is 0.134. The highest BCUT2D eigenvalue weighted by Crippen LogP contribution is 2.49. The van der Waals surface area contributed by atoms with Gasteiger partial charge >= 0.3 is 13.7 Å².